The number of rotatable bonds is 6. The Morgan fingerprint density at radius 1 is 1.55 bits per heavy atom. The van der Waals surface area contributed by atoms with Gasteiger partial charge in [-0.3, -0.25) is 4.79 Å². The van der Waals surface area contributed by atoms with Crippen molar-refractivity contribution in [3.63, 3.8) is 0 Å². The number of amides is 1. The first-order chi connectivity index (χ1) is 10.4. The van der Waals surface area contributed by atoms with Crippen LogP contribution >= 0.6 is 23.4 Å². The molecule has 0 spiro atoms. The number of aliphatic hydroxyl groups is 1. The van der Waals surface area contributed by atoms with Crippen molar-refractivity contribution in [1.82, 2.24) is 15.1 Å². The highest BCUT2D eigenvalue weighted by atomic mass is 35.5. The lowest BCUT2D eigenvalue weighted by Crippen LogP contribution is -2.42. The van der Waals surface area contributed by atoms with E-state index in [9.17, 15) is 9.90 Å². The average molecular weight is 340 g/mol. The van der Waals surface area contributed by atoms with Gasteiger partial charge in [0.2, 0.25) is 0 Å². The molecule has 0 aliphatic carbocycles. The van der Waals surface area contributed by atoms with Crippen molar-refractivity contribution in [2.24, 2.45) is 0 Å². The topological polar surface area (TPSA) is 67.2 Å². The highest BCUT2D eigenvalue weighted by molar-refractivity contribution is 7.98. The smallest absolute Gasteiger partial charge is 0.254 e. The van der Waals surface area contributed by atoms with Gasteiger partial charge in [-0.05, 0) is 31.4 Å². The molecule has 1 amide bonds. The number of carbonyl (C=O) groups excluding carboxylic acids is 1. The van der Waals surface area contributed by atoms with E-state index in [0.717, 1.165) is 5.69 Å². The van der Waals surface area contributed by atoms with E-state index < -0.39 is 5.60 Å². The summed E-state index contributed by atoms with van der Waals surface area (Å²) in [6.45, 7) is 1.88. The fourth-order valence-electron chi connectivity index (χ4n) is 1.93. The van der Waals surface area contributed by atoms with Crippen LogP contribution in [0.4, 0.5) is 0 Å². The molecule has 0 radical (unpaired) electrons. The summed E-state index contributed by atoms with van der Waals surface area (Å²) in [4.78, 5) is 12.1. The van der Waals surface area contributed by atoms with Crippen LogP contribution < -0.4 is 5.32 Å². The van der Waals surface area contributed by atoms with Crippen molar-refractivity contribution < 1.29 is 9.90 Å². The van der Waals surface area contributed by atoms with E-state index in [4.69, 9.17) is 11.6 Å². The number of hydrogen-bond acceptors (Lipinski definition) is 4. The summed E-state index contributed by atoms with van der Waals surface area (Å²) in [6, 6.07) is 7.21. The molecule has 22 heavy (non-hydrogen) atoms. The van der Waals surface area contributed by atoms with Gasteiger partial charge in [0.15, 0.2) is 0 Å². The molecule has 0 aliphatic heterocycles. The van der Waals surface area contributed by atoms with Crippen LogP contribution in [0.15, 0.2) is 36.7 Å². The molecule has 1 aromatic carbocycles. The van der Waals surface area contributed by atoms with Crippen LogP contribution in [0.25, 0.3) is 5.69 Å². The maximum atomic E-state index is 12.1. The summed E-state index contributed by atoms with van der Waals surface area (Å²) in [6.07, 6.45) is 5.02. The Balaban J connectivity index is 2.03. The second-order valence-electron chi connectivity index (χ2n) is 5.27. The van der Waals surface area contributed by atoms with Crippen molar-refractivity contribution in [2.75, 3.05) is 18.6 Å². The number of halogens is 1. The molecule has 0 fully saturated rings. The van der Waals surface area contributed by atoms with Gasteiger partial charge in [-0.2, -0.15) is 16.9 Å². The van der Waals surface area contributed by atoms with Crippen molar-refractivity contribution in [3.05, 3.63) is 47.2 Å². The minimum atomic E-state index is -0.933. The third kappa shape index (κ3) is 4.50. The molecule has 0 saturated carbocycles. The number of benzene rings is 1. The van der Waals surface area contributed by atoms with Gasteiger partial charge in [-0.1, -0.05) is 17.7 Å². The van der Waals surface area contributed by atoms with Gasteiger partial charge in [-0.15, -0.1) is 0 Å². The van der Waals surface area contributed by atoms with Gasteiger partial charge in [0.25, 0.3) is 5.91 Å². The highest BCUT2D eigenvalue weighted by Crippen LogP contribution is 2.15. The predicted octanol–water partition coefficient (Wildman–Crippen LogP) is 2.37. The first-order valence-electron chi connectivity index (χ1n) is 6.71. The van der Waals surface area contributed by atoms with E-state index in [2.05, 4.69) is 10.4 Å². The van der Waals surface area contributed by atoms with Crippen LogP contribution in [0.2, 0.25) is 5.02 Å². The quantitative estimate of drug-likeness (QED) is 0.848. The Labute approximate surface area is 138 Å². The Bertz CT molecular complexity index is 658. The van der Waals surface area contributed by atoms with Crippen molar-refractivity contribution in [1.29, 1.82) is 0 Å². The van der Waals surface area contributed by atoms with Crippen LogP contribution in [-0.2, 0) is 0 Å². The SMILES string of the molecule is CSCC(C)(O)CNC(=O)c1cnn(-c2cccc(Cl)c2)c1. The van der Waals surface area contributed by atoms with E-state index in [1.807, 2.05) is 18.4 Å². The maximum absolute atomic E-state index is 12.1. The average Bonchev–Trinajstić information content (AvgIpc) is 2.95. The number of carbonyl (C=O) groups is 1. The van der Waals surface area contributed by atoms with E-state index in [0.29, 0.717) is 16.3 Å². The zero-order valence-electron chi connectivity index (χ0n) is 12.4. The summed E-state index contributed by atoms with van der Waals surface area (Å²) in [5.41, 5.74) is 0.277. The summed E-state index contributed by atoms with van der Waals surface area (Å²) < 4.78 is 1.58. The van der Waals surface area contributed by atoms with Crippen LogP contribution in [0.3, 0.4) is 0 Å². The molecular formula is C15H18ClN3O2S. The highest BCUT2D eigenvalue weighted by Gasteiger charge is 2.21. The Kier molecular flexibility index (Phi) is 5.50. The van der Waals surface area contributed by atoms with Gasteiger partial charge in [0.05, 0.1) is 23.0 Å². The third-order valence-electron chi connectivity index (χ3n) is 3.00. The summed E-state index contributed by atoms with van der Waals surface area (Å²) in [7, 11) is 0. The molecule has 1 unspecified atom stereocenters. The zero-order chi connectivity index (χ0) is 16.2. The number of hydrogen-bond donors (Lipinski definition) is 2. The van der Waals surface area contributed by atoms with Crippen molar-refractivity contribution in [3.8, 4) is 5.69 Å². The molecule has 0 aliphatic rings. The summed E-state index contributed by atoms with van der Waals surface area (Å²) >= 11 is 7.47. The van der Waals surface area contributed by atoms with E-state index in [-0.39, 0.29) is 12.5 Å². The second-order valence-corrected chi connectivity index (χ2v) is 6.57. The molecule has 118 valence electrons. The lowest BCUT2D eigenvalue weighted by molar-refractivity contribution is 0.0725. The molecule has 2 aromatic rings. The largest absolute Gasteiger partial charge is 0.387 e. The normalized spacial score (nSPS) is 13.6. The third-order valence-corrected chi connectivity index (χ3v) is 4.15. The molecule has 2 rings (SSSR count). The van der Waals surface area contributed by atoms with Gasteiger partial charge < -0.3 is 10.4 Å². The zero-order valence-corrected chi connectivity index (χ0v) is 14.0. The number of nitrogens with zero attached hydrogens (tertiary/aromatic N) is 2. The molecule has 5 nitrogen and oxygen atoms in total. The number of aromatic nitrogens is 2. The number of nitrogens with one attached hydrogen (secondary N) is 1. The molecule has 1 atom stereocenters. The lowest BCUT2D eigenvalue weighted by atomic mass is 10.1. The molecule has 0 saturated heterocycles. The Morgan fingerprint density at radius 3 is 3.00 bits per heavy atom. The minimum Gasteiger partial charge on any atom is -0.387 e. The van der Waals surface area contributed by atoms with E-state index >= 15 is 0 Å². The molecule has 2 N–H and O–H groups in total. The Morgan fingerprint density at radius 2 is 2.32 bits per heavy atom. The fraction of sp³-hybridized carbons (Fsp3) is 0.333. The molecule has 0 bridgehead atoms. The van der Waals surface area contributed by atoms with Crippen LogP contribution in [0.1, 0.15) is 17.3 Å². The van der Waals surface area contributed by atoms with Crippen LogP contribution in [-0.4, -0.2) is 44.9 Å². The van der Waals surface area contributed by atoms with Gasteiger partial charge in [0.1, 0.15) is 0 Å². The second kappa shape index (κ2) is 7.17. The van der Waals surface area contributed by atoms with Crippen LogP contribution in [0, 0.1) is 0 Å². The lowest BCUT2D eigenvalue weighted by Gasteiger charge is -2.22. The van der Waals surface area contributed by atoms with Crippen molar-refractivity contribution >= 4 is 29.3 Å². The summed E-state index contributed by atoms with van der Waals surface area (Å²) in [5.74, 6) is 0.282. The molecule has 1 heterocycles. The standard InChI is InChI=1S/C15H18ClN3O2S/c1-15(21,10-22-2)9-17-14(20)11-7-18-19(8-11)13-5-3-4-12(16)6-13/h3-8,21H,9-10H2,1-2H3,(H,17,20). The van der Waals surface area contributed by atoms with Crippen LogP contribution in [0.5, 0.6) is 0 Å². The van der Waals surface area contributed by atoms with E-state index in [1.165, 1.54) is 18.0 Å². The van der Waals surface area contributed by atoms with Gasteiger partial charge in [-0.25, -0.2) is 4.68 Å². The predicted molar refractivity (Wildman–Crippen MR) is 89.9 cm³/mol. The van der Waals surface area contributed by atoms with Gasteiger partial charge >= 0.3 is 0 Å². The summed E-state index contributed by atoms with van der Waals surface area (Å²) in [5, 5.41) is 17.5. The monoisotopic (exact) mass is 339 g/mol. The first kappa shape index (κ1) is 16.9. The molecule has 7 heteroatoms. The molecule has 1 aromatic heterocycles. The minimum absolute atomic E-state index is 0.190. The maximum Gasteiger partial charge on any atom is 0.254 e. The Hall–Kier alpha value is -1.50. The fourth-order valence-corrected chi connectivity index (χ4v) is 2.84. The first-order valence-corrected chi connectivity index (χ1v) is 8.48. The number of thioether (sulfide) groups is 1. The molecular weight excluding hydrogens is 322 g/mol. The van der Waals surface area contributed by atoms with E-state index in [1.54, 1.807) is 29.9 Å². The van der Waals surface area contributed by atoms with Crippen molar-refractivity contribution in [2.45, 2.75) is 12.5 Å². The van der Waals surface area contributed by atoms with Gasteiger partial charge in [0, 0.05) is 23.5 Å².